The summed E-state index contributed by atoms with van der Waals surface area (Å²) in [4.78, 5) is 109. The number of aliphatic hydroxyl groups is 2. The first kappa shape index (κ1) is 44.6. The van der Waals surface area contributed by atoms with Gasteiger partial charge in [-0.15, -0.1) is 0 Å². The molecule has 2 saturated heterocycles. The predicted molar refractivity (Wildman–Crippen MR) is 185 cm³/mol. The summed E-state index contributed by atoms with van der Waals surface area (Å²) in [5.41, 5.74) is -4.45. The van der Waals surface area contributed by atoms with Gasteiger partial charge in [-0.05, 0) is 53.4 Å². The van der Waals surface area contributed by atoms with Crippen molar-refractivity contribution in [2.24, 2.45) is 44.8 Å². The van der Waals surface area contributed by atoms with Crippen LogP contribution in [0.25, 0.3) is 0 Å². The quantitative estimate of drug-likeness (QED) is 0.352. The second-order valence-corrected chi connectivity index (χ2v) is 14.0. The third-order valence-corrected chi connectivity index (χ3v) is 10.6. The highest BCUT2D eigenvalue weighted by molar-refractivity contribution is 6.16. The fourth-order valence-corrected chi connectivity index (χ4v) is 5.39. The number of nitrogens with zero attached hydrogens (tertiary/aromatic N) is 7. The predicted octanol–water partition coefficient (Wildman–Crippen LogP) is -0.150. The van der Waals surface area contributed by atoms with Crippen molar-refractivity contribution in [1.29, 1.82) is 0 Å². The highest BCUT2D eigenvalue weighted by Gasteiger charge is 2.53. The van der Waals surface area contributed by atoms with E-state index in [0.717, 1.165) is 33.3 Å². The van der Waals surface area contributed by atoms with Gasteiger partial charge in [-0.2, -0.15) is 0 Å². The van der Waals surface area contributed by atoms with Crippen LogP contribution in [0.1, 0.15) is 75.7 Å². The number of hydrogen-bond acceptors (Lipinski definition) is 11. The Morgan fingerprint density at radius 1 is 0.549 bits per heavy atom. The summed E-state index contributed by atoms with van der Waals surface area (Å²) in [5, 5.41) is 21.8. The molecule has 288 valence electrons. The van der Waals surface area contributed by atoms with Gasteiger partial charge in [0, 0.05) is 35.2 Å². The maximum absolute atomic E-state index is 13.2. The Morgan fingerprint density at radius 3 is 1.14 bits per heavy atom. The van der Waals surface area contributed by atoms with Crippen LogP contribution in [0.15, 0.2) is 14.4 Å². The number of hydrogen-bond donors (Lipinski definition) is 2. The molecule has 18 nitrogen and oxygen atoms in total. The minimum Gasteiger partial charge on any atom is -0.388 e. The van der Waals surface area contributed by atoms with E-state index in [1.165, 1.54) is 49.1 Å². The van der Waals surface area contributed by atoms with E-state index < -0.39 is 87.9 Å². The van der Waals surface area contributed by atoms with Crippen LogP contribution in [0.3, 0.4) is 0 Å². The molecular weight excluding hydrogens is 670 g/mol. The number of rotatable bonds is 7. The Kier molecular flexibility index (Phi) is 14.2. The van der Waals surface area contributed by atoms with E-state index in [4.69, 9.17) is 0 Å². The molecule has 0 saturated carbocycles. The molecule has 0 radical (unpaired) electrons. The molecule has 6 unspecified atom stereocenters. The minimum absolute atomic E-state index is 0.161. The van der Waals surface area contributed by atoms with Crippen molar-refractivity contribution in [1.82, 2.24) is 33.3 Å². The zero-order valence-corrected chi connectivity index (χ0v) is 32.4. The van der Waals surface area contributed by atoms with Gasteiger partial charge in [-0.3, -0.25) is 38.8 Å². The Balaban J connectivity index is 0.000000444. The van der Waals surface area contributed by atoms with Gasteiger partial charge < -0.3 is 10.2 Å². The molecule has 2 N–H and O–H groups in total. The van der Waals surface area contributed by atoms with Gasteiger partial charge in [-0.25, -0.2) is 37.7 Å². The van der Waals surface area contributed by atoms with Gasteiger partial charge in [-0.1, -0.05) is 34.1 Å². The molecule has 3 rings (SSSR count). The van der Waals surface area contributed by atoms with Crippen LogP contribution in [0.4, 0.5) is 9.59 Å². The van der Waals surface area contributed by atoms with E-state index in [1.807, 2.05) is 13.8 Å². The summed E-state index contributed by atoms with van der Waals surface area (Å²) in [7, 11) is 6.70. The third-order valence-electron chi connectivity index (χ3n) is 10.6. The van der Waals surface area contributed by atoms with Crippen molar-refractivity contribution < 1.29 is 39.0 Å². The number of urea groups is 2. The summed E-state index contributed by atoms with van der Waals surface area (Å²) in [6, 6.07) is -2.99. The molecule has 2 aliphatic heterocycles. The Labute approximate surface area is 297 Å². The van der Waals surface area contributed by atoms with Crippen LogP contribution in [0, 0.1) is 23.7 Å². The molecule has 8 amide bonds. The zero-order chi connectivity index (χ0) is 40.4. The van der Waals surface area contributed by atoms with Crippen LogP contribution >= 0.6 is 0 Å². The lowest BCUT2D eigenvalue weighted by Crippen LogP contribution is -2.69. The smallest absolute Gasteiger partial charge is 0.335 e. The normalized spacial score (nSPS) is 21.4. The minimum atomic E-state index is -1.32. The Bertz CT molecular complexity index is 1560. The van der Waals surface area contributed by atoms with Gasteiger partial charge in [0.05, 0.1) is 23.3 Å². The molecule has 0 spiro atoms. The lowest BCUT2D eigenvalue weighted by Gasteiger charge is -2.48. The number of barbiturate groups is 2. The lowest BCUT2D eigenvalue weighted by atomic mass is 9.81. The van der Waals surface area contributed by atoms with Crippen molar-refractivity contribution in [3.8, 4) is 0 Å². The molecule has 0 aliphatic carbocycles. The van der Waals surface area contributed by atoms with E-state index in [2.05, 4.69) is 0 Å². The van der Waals surface area contributed by atoms with Crippen molar-refractivity contribution in [3.63, 3.8) is 0 Å². The van der Waals surface area contributed by atoms with Gasteiger partial charge in [0.1, 0.15) is 11.8 Å². The van der Waals surface area contributed by atoms with Crippen LogP contribution in [-0.2, 0) is 40.3 Å². The number of imide groups is 4. The van der Waals surface area contributed by atoms with Gasteiger partial charge >= 0.3 is 29.1 Å². The molecule has 6 atom stereocenters. The number of carbonyl (C=O) groups excluding carboxylic acids is 6. The summed E-state index contributed by atoms with van der Waals surface area (Å²) in [6.07, 6.45) is 0.671. The van der Waals surface area contributed by atoms with Crippen LogP contribution in [0.5, 0.6) is 0 Å². The summed E-state index contributed by atoms with van der Waals surface area (Å²) < 4.78 is 2.63. The fourth-order valence-electron chi connectivity index (χ4n) is 5.39. The summed E-state index contributed by atoms with van der Waals surface area (Å²) in [6.45, 7) is 16.7. The highest BCUT2D eigenvalue weighted by atomic mass is 16.3. The molecule has 0 bridgehead atoms. The first-order valence-electron chi connectivity index (χ1n) is 16.6. The largest absolute Gasteiger partial charge is 0.388 e. The van der Waals surface area contributed by atoms with E-state index in [9.17, 15) is 53.4 Å². The van der Waals surface area contributed by atoms with E-state index in [1.54, 1.807) is 41.5 Å². The average molecular weight is 726 g/mol. The lowest BCUT2D eigenvalue weighted by molar-refractivity contribution is -0.161. The Hall–Kier alpha value is -4.45. The van der Waals surface area contributed by atoms with Gasteiger partial charge in [0.15, 0.2) is 0 Å². The first-order valence-corrected chi connectivity index (χ1v) is 16.6. The SMILES string of the molecule is CC1C(=O)N(C)C(=O)N(C)C1=O.CCC(C)C(C)(O)C(C)N1C(=O)C(C)C(=O)N(C(C)C(C)(O)C(C)C)C1=O.Cn1c(=O)n(C)c(=O)n(C)c1=O. The van der Waals surface area contributed by atoms with Crippen LogP contribution in [-0.4, -0.2) is 117 Å². The Morgan fingerprint density at radius 2 is 0.843 bits per heavy atom. The van der Waals surface area contributed by atoms with Gasteiger partial charge in [0.25, 0.3) is 0 Å². The molecule has 2 aliphatic rings. The molecule has 1 aromatic heterocycles. The van der Waals surface area contributed by atoms with Crippen molar-refractivity contribution in [3.05, 3.63) is 31.5 Å². The van der Waals surface area contributed by atoms with Crippen LogP contribution < -0.4 is 17.1 Å². The highest BCUT2D eigenvalue weighted by Crippen LogP contribution is 2.34. The maximum atomic E-state index is 13.2. The van der Waals surface area contributed by atoms with Crippen molar-refractivity contribution in [2.75, 3.05) is 14.1 Å². The van der Waals surface area contributed by atoms with Gasteiger partial charge in [0.2, 0.25) is 23.6 Å². The molecule has 18 heteroatoms. The monoisotopic (exact) mass is 725 g/mol. The standard InChI is InChI=1S/C20H36N2O5.C7H10N2O3.C6H9N3O3/c1-10-12(4)20(9,27)15(7)22-17(24)13(5)16(23)21(18(22)25)14(6)19(8,26)11(2)3;1-4-5(10)8(2)7(12)9(3)6(4)11;1-7-4(10)8(2)6(12)9(3)5(7)11/h11-15,26-27H,10H2,1-9H3;4H,1-3H3;1-3H3. The number of amides is 8. The van der Waals surface area contributed by atoms with E-state index in [0.29, 0.717) is 6.42 Å². The van der Waals surface area contributed by atoms with Crippen molar-refractivity contribution in [2.45, 2.75) is 98.9 Å². The van der Waals surface area contributed by atoms with E-state index >= 15 is 0 Å². The second kappa shape index (κ2) is 16.3. The van der Waals surface area contributed by atoms with Crippen LogP contribution in [0.2, 0.25) is 0 Å². The number of aromatic nitrogens is 3. The maximum Gasteiger partial charge on any atom is 0.335 e. The topological polar surface area (TPSA) is 222 Å². The molecule has 3 heterocycles. The average Bonchev–Trinajstić information content (AvgIpc) is 3.08. The van der Waals surface area contributed by atoms with E-state index in [-0.39, 0.29) is 11.8 Å². The fraction of sp³-hybridized carbons (Fsp3) is 0.727. The molecule has 51 heavy (non-hydrogen) atoms. The molecule has 1 aromatic rings. The zero-order valence-electron chi connectivity index (χ0n) is 32.4. The summed E-state index contributed by atoms with van der Waals surface area (Å²) in [5.74, 6) is -4.29. The molecule has 0 aromatic carbocycles. The number of carbonyl (C=O) groups is 6. The molecule has 2 fully saturated rings. The first-order chi connectivity index (χ1) is 23.1. The second-order valence-electron chi connectivity index (χ2n) is 14.0. The molecular formula is C33H55N7O11. The third kappa shape index (κ3) is 8.38. The summed E-state index contributed by atoms with van der Waals surface area (Å²) >= 11 is 0. The van der Waals surface area contributed by atoms with Crippen molar-refractivity contribution >= 4 is 35.7 Å².